The van der Waals surface area contributed by atoms with Crippen molar-refractivity contribution in [2.45, 2.75) is 45.7 Å². The van der Waals surface area contributed by atoms with Crippen LogP contribution in [0.15, 0.2) is 47.0 Å². The molecule has 2 N–H and O–H groups in total. The molecule has 0 amide bonds. The molecule has 0 radical (unpaired) electrons. The predicted octanol–water partition coefficient (Wildman–Crippen LogP) is 5.68. The maximum absolute atomic E-state index is 5.44. The van der Waals surface area contributed by atoms with Gasteiger partial charge in [0.05, 0.1) is 23.2 Å². The van der Waals surface area contributed by atoms with Crippen LogP contribution in [0.2, 0.25) is 0 Å². The molecule has 138 valence electrons. The van der Waals surface area contributed by atoms with Crippen molar-refractivity contribution in [3.63, 3.8) is 0 Å². The van der Waals surface area contributed by atoms with Crippen molar-refractivity contribution in [1.82, 2.24) is 5.16 Å². The van der Waals surface area contributed by atoms with Gasteiger partial charge in [0, 0.05) is 11.5 Å². The van der Waals surface area contributed by atoms with E-state index in [1.807, 2.05) is 13.8 Å². The van der Waals surface area contributed by atoms with Crippen molar-refractivity contribution in [2.24, 2.45) is 5.92 Å². The third-order valence-electron chi connectivity index (χ3n) is 5.96. The van der Waals surface area contributed by atoms with E-state index in [1.54, 1.807) is 0 Å². The number of anilines is 2. The molecule has 2 aromatic carbocycles. The monoisotopic (exact) mass is 359 g/mol. The fourth-order valence-electron chi connectivity index (χ4n) is 4.27. The Bertz CT molecular complexity index is 969. The average Bonchev–Trinajstić information content (AvgIpc) is 3.36. The van der Waals surface area contributed by atoms with Gasteiger partial charge in [-0.3, -0.25) is 0 Å². The van der Waals surface area contributed by atoms with Crippen LogP contribution in [0.1, 0.15) is 48.3 Å². The van der Waals surface area contributed by atoms with Gasteiger partial charge in [0.2, 0.25) is 0 Å². The van der Waals surface area contributed by atoms with E-state index < -0.39 is 0 Å². The molecule has 2 aliphatic rings. The van der Waals surface area contributed by atoms with Gasteiger partial charge in [-0.15, -0.1) is 0 Å². The van der Waals surface area contributed by atoms with Crippen LogP contribution in [0.5, 0.6) is 0 Å². The number of aromatic nitrogens is 1. The van der Waals surface area contributed by atoms with Crippen LogP contribution in [0, 0.1) is 19.8 Å². The number of rotatable bonds is 4. The van der Waals surface area contributed by atoms with Crippen LogP contribution >= 0.6 is 0 Å². The summed E-state index contributed by atoms with van der Waals surface area (Å²) in [6, 6.07) is 15.3. The van der Waals surface area contributed by atoms with Gasteiger partial charge in [-0.05, 0) is 61.4 Å². The lowest BCUT2D eigenvalue weighted by Gasteiger charge is -2.18. The highest BCUT2D eigenvalue weighted by Crippen LogP contribution is 2.46. The second-order valence-electron chi connectivity index (χ2n) is 7.92. The Morgan fingerprint density at radius 1 is 1.07 bits per heavy atom. The first-order valence-electron chi connectivity index (χ1n) is 9.81. The second-order valence-corrected chi connectivity index (χ2v) is 7.92. The number of fused-ring (bicyclic) bond motifs is 1. The van der Waals surface area contributed by atoms with Gasteiger partial charge in [0.25, 0.3) is 0 Å². The Kier molecular flexibility index (Phi) is 3.74. The van der Waals surface area contributed by atoms with Crippen LogP contribution in [0.3, 0.4) is 0 Å². The summed E-state index contributed by atoms with van der Waals surface area (Å²) in [5.41, 5.74) is 8.32. The number of nitrogens with zero attached hydrogens (tertiary/aromatic N) is 1. The molecule has 3 aromatic rings. The summed E-state index contributed by atoms with van der Waals surface area (Å²) >= 11 is 0. The van der Waals surface area contributed by atoms with E-state index in [-0.39, 0.29) is 0 Å². The van der Waals surface area contributed by atoms with Crippen molar-refractivity contribution in [1.29, 1.82) is 0 Å². The molecule has 2 atom stereocenters. The number of aryl methyl sites for hydroxylation is 2. The van der Waals surface area contributed by atoms with Gasteiger partial charge in [-0.1, -0.05) is 42.4 Å². The second kappa shape index (κ2) is 6.15. The van der Waals surface area contributed by atoms with Gasteiger partial charge < -0.3 is 15.2 Å². The highest BCUT2D eigenvalue weighted by molar-refractivity contribution is 5.85. The normalized spacial score (nSPS) is 19.3. The van der Waals surface area contributed by atoms with E-state index in [4.69, 9.17) is 4.52 Å². The summed E-state index contributed by atoms with van der Waals surface area (Å²) in [6.45, 7) is 6.29. The molecule has 2 unspecified atom stereocenters. The molecule has 1 fully saturated rings. The molecular weight excluding hydrogens is 334 g/mol. The molecule has 1 aliphatic heterocycles. The van der Waals surface area contributed by atoms with Gasteiger partial charge in [0.15, 0.2) is 0 Å². The first-order chi connectivity index (χ1) is 13.1. The average molecular weight is 359 g/mol. The van der Waals surface area contributed by atoms with Crippen LogP contribution in [0.25, 0.3) is 11.1 Å². The minimum Gasteiger partial charge on any atom is -0.363 e. The quantitative estimate of drug-likeness (QED) is 0.629. The Morgan fingerprint density at radius 2 is 1.85 bits per heavy atom. The zero-order valence-corrected chi connectivity index (χ0v) is 16.0. The van der Waals surface area contributed by atoms with E-state index in [1.165, 1.54) is 40.9 Å². The Morgan fingerprint density at radius 3 is 2.52 bits per heavy atom. The zero-order valence-electron chi connectivity index (χ0n) is 16.0. The standard InChI is InChI=1S/C23H25N3O/c1-13(16-7-5-4-6-8-16)19-11-18(21-14(2)26-27-15(21)3)12-20-22(19)25-23(24-20)17-9-10-17/h4-8,11-13,17,23-25H,9-10H2,1-3H3. The van der Waals surface area contributed by atoms with Crippen molar-refractivity contribution >= 4 is 11.4 Å². The van der Waals surface area contributed by atoms with Crippen molar-refractivity contribution in [3.05, 3.63) is 65.0 Å². The van der Waals surface area contributed by atoms with Crippen molar-refractivity contribution < 1.29 is 4.52 Å². The van der Waals surface area contributed by atoms with Crippen LogP contribution in [-0.4, -0.2) is 11.3 Å². The molecule has 4 nitrogen and oxygen atoms in total. The molecule has 4 heteroatoms. The highest BCUT2D eigenvalue weighted by Gasteiger charge is 2.36. The Balaban J connectivity index is 1.64. The predicted molar refractivity (Wildman–Crippen MR) is 109 cm³/mol. The zero-order chi connectivity index (χ0) is 18.5. The first-order valence-corrected chi connectivity index (χ1v) is 9.81. The van der Waals surface area contributed by atoms with Crippen LogP contribution in [0.4, 0.5) is 11.4 Å². The Labute approximate surface area is 160 Å². The van der Waals surface area contributed by atoms with Crippen LogP contribution < -0.4 is 10.6 Å². The van der Waals surface area contributed by atoms with Crippen molar-refractivity contribution in [3.8, 4) is 11.1 Å². The fourth-order valence-corrected chi connectivity index (χ4v) is 4.27. The minimum atomic E-state index is 0.299. The highest BCUT2D eigenvalue weighted by atomic mass is 16.5. The number of benzene rings is 2. The molecule has 0 bridgehead atoms. The topological polar surface area (TPSA) is 50.1 Å². The largest absolute Gasteiger partial charge is 0.363 e. The van der Waals surface area contributed by atoms with E-state index in [0.29, 0.717) is 12.1 Å². The molecule has 0 spiro atoms. The Hall–Kier alpha value is -2.75. The number of nitrogens with one attached hydrogen (secondary N) is 2. The lowest BCUT2D eigenvalue weighted by Crippen LogP contribution is -2.24. The van der Waals surface area contributed by atoms with E-state index in [0.717, 1.165) is 22.9 Å². The summed E-state index contributed by atoms with van der Waals surface area (Å²) < 4.78 is 5.44. The fraction of sp³-hybridized carbons (Fsp3) is 0.348. The van der Waals surface area contributed by atoms with Gasteiger partial charge in [-0.25, -0.2) is 0 Å². The molecule has 1 aromatic heterocycles. The summed E-state index contributed by atoms with van der Waals surface area (Å²) in [4.78, 5) is 0. The van der Waals surface area contributed by atoms with Crippen molar-refractivity contribution in [2.75, 3.05) is 10.6 Å². The molecule has 1 aliphatic carbocycles. The third kappa shape index (κ3) is 2.80. The molecule has 2 heterocycles. The summed E-state index contributed by atoms with van der Waals surface area (Å²) in [6.07, 6.45) is 2.96. The van der Waals surface area contributed by atoms with Gasteiger partial charge >= 0.3 is 0 Å². The lowest BCUT2D eigenvalue weighted by atomic mass is 9.88. The summed E-state index contributed by atoms with van der Waals surface area (Å²) in [5, 5.41) is 11.7. The van der Waals surface area contributed by atoms with Gasteiger partial charge in [0.1, 0.15) is 5.76 Å². The molecule has 0 saturated heterocycles. The summed E-state index contributed by atoms with van der Waals surface area (Å²) in [5.74, 6) is 1.91. The molecular formula is C23H25N3O. The molecule has 27 heavy (non-hydrogen) atoms. The molecule has 5 rings (SSSR count). The van der Waals surface area contributed by atoms with E-state index in [9.17, 15) is 0 Å². The maximum Gasteiger partial charge on any atom is 0.141 e. The number of hydrogen-bond acceptors (Lipinski definition) is 4. The minimum absolute atomic E-state index is 0.299. The lowest BCUT2D eigenvalue weighted by molar-refractivity contribution is 0.393. The number of hydrogen-bond donors (Lipinski definition) is 2. The molecule has 1 saturated carbocycles. The van der Waals surface area contributed by atoms with Gasteiger partial charge in [-0.2, -0.15) is 0 Å². The SMILES string of the molecule is Cc1noc(C)c1-c1cc2c(c(C(C)c3ccccc3)c1)NC(C1CC1)N2. The van der Waals surface area contributed by atoms with Crippen LogP contribution in [-0.2, 0) is 0 Å². The summed E-state index contributed by atoms with van der Waals surface area (Å²) in [7, 11) is 0. The van der Waals surface area contributed by atoms with E-state index >= 15 is 0 Å². The smallest absolute Gasteiger partial charge is 0.141 e. The first kappa shape index (κ1) is 16.4. The third-order valence-corrected chi connectivity index (χ3v) is 5.96. The maximum atomic E-state index is 5.44. The van der Waals surface area contributed by atoms with E-state index in [2.05, 4.69) is 65.2 Å².